The summed E-state index contributed by atoms with van der Waals surface area (Å²) in [5.74, 6) is -0.559. The van der Waals surface area contributed by atoms with Gasteiger partial charge < -0.3 is 9.64 Å². The fourth-order valence-corrected chi connectivity index (χ4v) is 2.49. The van der Waals surface area contributed by atoms with E-state index in [0.29, 0.717) is 12.2 Å². The number of aryl methyl sites for hydroxylation is 1. The molecule has 0 radical (unpaired) electrons. The lowest BCUT2D eigenvalue weighted by atomic mass is 10.1. The Balaban J connectivity index is 2.18. The van der Waals surface area contributed by atoms with Crippen molar-refractivity contribution in [2.45, 2.75) is 26.6 Å². The molecule has 0 saturated carbocycles. The average Bonchev–Trinajstić information content (AvgIpc) is 2.86. The molecule has 124 valence electrons. The Kier molecular flexibility index (Phi) is 5.70. The maximum Gasteiger partial charge on any atom is 0.387 e. The summed E-state index contributed by atoms with van der Waals surface area (Å²) in [7, 11) is 1.58. The summed E-state index contributed by atoms with van der Waals surface area (Å²) >= 11 is 3.39. The summed E-state index contributed by atoms with van der Waals surface area (Å²) < 4.78 is 31.8. The van der Waals surface area contributed by atoms with Crippen LogP contribution in [0.15, 0.2) is 34.9 Å². The molecule has 0 saturated heterocycles. The molecule has 1 heterocycles. The Morgan fingerprint density at radius 1 is 1.43 bits per heavy atom. The van der Waals surface area contributed by atoms with Crippen LogP contribution < -0.4 is 4.74 Å². The molecule has 0 aliphatic rings. The lowest BCUT2D eigenvalue weighted by Gasteiger charge is -2.18. The maximum atomic E-state index is 12.5. The van der Waals surface area contributed by atoms with Crippen LogP contribution in [0.5, 0.6) is 5.75 Å². The third kappa shape index (κ3) is 4.28. The number of halogens is 3. The first kappa shape index (κ1) is 17.4. The van der Waals surface area contributed by atoms with E-state index in [1.165, 1.54) is 23.1 Å². The number of benzene rings is 1. The van der Waals surface area contributed by atoms with E-state index < -0.39 is 12.5 Å². The zero-order valence-electron chi connectivity index (χ0n) is 12.7. The second kappa shape index (κ2) is 7.54. The van der Waals surface area contributed by atoms with E-state index in [2.05, 4.69) is 25.8 Å². The highest BCUT2D eigenvalue weighted by atomic mass is 79.9. The van der Waals surface area contributed by atoms with Crippen LogP contribution in [-0.4, -0.2) is 34.2 Å². The highest BCUT2D eigenvalue weighted by Gasteiger charge is 2.20. The molecule has 1 amide bonds. The van der Waals surface area contributed by atoms with Gasteiger partial charge in [0, 0.05) is 19.8 Å². The van der Waals surface area contributed by atoms with Gasteiger partial charge in [0.1, 0.15) is 5.75 Å². The van der Waals surface area contributed by atoms with E-state index in [9.17, 15) is 13.6 Å². The van der Waals surface area contributed by atoms with E-state index >= 15 is 0 Å². The van der Waals surface area contributed by atoms with Gasteiger partial charge in [-0.05, 0) is 35.0 Å². The van der Waals surface area contributed by atoms with Crippen LogP contribution in [0.2, 0.25) is 0 Å². The number of alkyl halides is 2. The number of hydrogen-bond donors (Lipinski definition) is 0. The molecule has 0 aliphatic carbocycles. The van der Waals surface area contributed by atoms with Crippen molar-refractivity contribution in [3.63, 3.8) is 0 Å². The minimum Gasteiger partial charge on any atom is -0.434 e. The van der Waals surface area contributed by atoms with Crippen molar-refractivity contribution < 1.29 is 18.3 Å². The molecule has 8 heteroatoms. The van der Waals surface area contributed by atoms with Crippen LogP contribution >= 0.6 is 15.9 Å². The average molecular weight is 388 g/mol. The molecule has 0 bridgehead atoms. The first-order chi connectivity index (χ1) is 10.9. The molecule has 5 nitrogen and oxygen atoms in total. The van der Waals surface area contributed by atoms with E-state index in [0.717, 1.165) is 4.47 Å². The van der Waals surface area contributed by atoms with Gasteiger partial charge in [0.15, 0.2) is 0 Å². The lowest BCUT2D eigenvalue weighted by molar-refractivity contribution is -0.0502. The summed E-state index contributed by atoms with van der Waals surface area (Å²) in [5, 5.41) is 4.34. The minimum atomic E-state index is -2.98. The van der Waals surface area contributed by atoms with Crippen molar-refractivity contribution >= 4 is 21.8 Å². The van der Waals surface area contributed by atoms with Crippen LogP contribution in [0.4, 0.5) is 8.78 Å². The zero-order chi connectivity index (χ0) is 17.0. The molecule has 0 spiro atoms. The van der Waals surface area contributed by atoms with Gasteiger partial charge >= 0.3 is 6.61 Å². The van der Waals surface area contributed by atoms with Crippen molar-refractivity contribution in [3.8, 4) is 5.75 Å². The quantitative estimate of drug-likeness (QED) is 0.761. The summed E-state index contributed by atoms with van der Waals surface area (Å²) in [4.78, 5) is 13.9. The van der Waals surface area contributed by atoms with Crippen LogP contribution in [0.3, 0.4) is 0 Å². The number of rotatable bonds is 6. The molecule has 0 atom stereocenters. The van der Waals surface area contributed by atoms with Gasteiger partial charge in [-0.3, -0.25) is 9.48 Å². The SMILES string of the molecule is CCn1cc(Br)c(CN(C)C(=O)c2ccccc2OC(F)F)n1. The molecule has 0 fully saturated rings. The number of aromatic nitrogens is 2. The number of carbonyl (C=O) groups excluding carboxylic acids is 1. The van der Waals surface area contributed by atoms with Crippen molar-refractivity contribution in [1.82, 2.24) is 14.7 Å². The molecule has 1 aromatic carbocycles. The predicted octanol–water partition coefficient (Wildman–Crippen LogP) is 3.54. The van der Waals surface area contributed by atoms with E-state index in [1.54, 1.807) is 17.8 Å². The minimum absolute atomic E-state index is 0.0846. The van der Waals surface area contributed by atoms with Gasteiger partial charge in [0.2, 0.25) is 0 Å². The van der Waals surface area contributed by atoms with Gasteiger partial charge in [-0.25, -0.2) is 0 Å². The number of amides is 1. The Morgan fingerprint density at radius 2 is 2.13 bits per heavy atom. The van der Waals surface area contributed by atoms with E-state index in [1.807, 2.05) is 13.1 Å². The molecule has 0 N–H and O–H groups in total. The number of hydrogen-bond acceptors (Lipinski definition) is 3. The Morgan fingerprint density at radius 3 is 2.74 bits per heavy atom. The molecule has 2 rings (SSSR count). The monoisotopic (exact) mass is 387 g/mol. The van der Waals surface area contributed by atoms with Gasteiger partial charge in [0.25, 0.3) is 5.91 Å². The molecular weight excluding hydrogens is 372 g/mol. The smallest absolute Gasteiger partial charge is 0.387 e. The van der Waals surface area contributed by atoms with Gasteiger partial charge in [0.05, 0.1) is 22.3 Å². The van der Waals surface area contributed by atoms with Crippen LogP contribution in [-0.2, 0) is 13.1 Å². The summed E-state index contributed by atoms with van der Waals surface area (Å²) in [6, 6.07) is 5.93. The molecule has 0 unspecified atom stereocenters. The van der Waals surface area contributed by atoms with Gasteiger partial charge in [-0.2, -0.15) is 13.9 Å². The number of ether oxygens (including phenoxy) is 1. The first-order valence-electron chi connectivity index (χ1n) is 6.93. The molecular formula is C15H16BrF2N3O2. The maximum absolute atomic E-state index is 12.5. The summed E-state index contributed by atoms with van der Waals surface area (Å²) in [5.41, 5.74) is 0.774. The Hall–Kier alpha value is -1.96. The molecule has 2 aromatic rings. The largest absolute Gasteiger partial charge is 0.434 e. The fraction of sp³-hybridized carbons (Fsp3) is 0.333. The molecule has 0 aliphatic heterocycles. The van der Waals surface area contributed by atoms with Crippen LogP contribution in [0, 0.1) is 0 Å². The van der Waals surface area contributed by atoms with Gasteiger partial charge in [-0.15, -0.1) is 0 Å². The van der Waals surface area contributed by atoms with Gasteiger partial charge in [-0.1, -0.05) is 12.1 Å². The van der Waals surface area contributed by atoms with E-state index in [4.69, 9.17) is 0 Å². The topological polar surface area (TPSA) is 47.4 Å². The highest BCUT2D eigenvalue weighted by molar-refractivity contribution is 9.10. The summed E-state index contributed by atoms with van der Waals surface area (Å²) in [6.07, 6.45) is 1.82. The van der Waals surface area contributed by atoms with E-state index in [-0.39, 0.29) is 17.9 Å². The summed E-state index contributed by atoms with van der Waals surface area (Å²) in [6.45, 7) is -0.0732. The number of carbonyl (C=O) groups is 1. The predicted molar refractivity (Wildman–Crippen MR) is 84.5 cm³/mol. The molecule has 23 heavy (non-hydrogen) atoms. The standard InChI is InChI=1S/C15H16BrF2N3O2/c1-3-21-8-11(16)12(19-21)9-20(2)14(22)10-6-4-5-7-13(10)23-15(17)18/h4-8,15H,3,9H2,1-2H3. The second-order valence-corrected chi connectivity index (χ2v) is 5.67. The zero-order valence-corrected chi connectivity index (χ0v) is 14.3. The van der Waals surface area contributed by atoms with Crippen LogP contribution in [0.25, 0.3) is 0 Å². The van der Waals surface area contributed by atoms with Crippen molar-refractivity contribution in [2.24, 2.45) is 0 Å². The fourth-order valence-electron chi connectivity index (χ4n) is 2.05. The highest BCUT2D eigenvalue weighted by Crippen LogP contribution is 2.23. The number of para-hydroxylation sites is 1. The normalized spacial score (nSPS) is 10.9. The molecule has 1 aromatic heterocycles. The Labute approximate surface area is 141 Å². The third-order valence-electron chi connectivity index (χ3n) is 3.18. The second-order valence-electron chi connectivity index (χ2n) is 4.82. The van der Waals surface area contributed by atoms with Crippen molar-refractivity contribution in [1.29, 1.82) is 0 Å². The van der Waals surface area contributed by atoms with Crippen molar-refractivity contribution in [3.05, 3.63) is 46.2 Å². The van der Waals surface area contributed by atoms with Crippen molar-refractivity contribution in [2.75, 3.05) is 7.05 Å². The van der Waals surface area contributed by atoms with Crippen LogP contribution in [0.1, 0.15) is 23.0 Å². The Bertz CT molecular complexity index is 691. The number of nitrogens with zero attached hydrogens (tertiary/aromatic N) is 3. The third-order valence-corrected chi connectivity index (χ3v) is 3.84. The lowest BCUT2D eigenvalue weighted by Crippen LogP contribution is -2.27. The first-order valence-corrected chi connectivity index (χ1v) is 7.72.